The molecule has 0 saturated heterocycles. The molecule has 0 aliphatic carbocycles. The molecule has 0 aliphatic rings. The van der Waals surface area contributed by atoms with Crippen LogP contribution >= 0.6 is 23.2 Å². The molecule has 168 valence electrons. The summed E-state index contributed by atoms with van der Waals surface area (Å²) in [5.74, 6) is -0.233. The van der Waals surface area contributed by atoms with E-state index in [1.807, 2.05) is 0 Å². The van der Waals surface area contributed by atoms with Gasteiger partial charge in [0.25, 0.3) is 0 Å². The van der Waals surface area contributed by atoms with E-state index in [0.717, 1.165) is 30.4 Å². The summed E-state index contributed by atoms with van der Waals surface area (Å²) in [4.78, 5) is 27.5. The summed E-state index contributed by atoms with van der Waals surface area (Å²) in [6, 6.07) is 12.9. The molecule has 0 heterocycles. The summed E-state index contributed by atoms with van der Waals surface area (Å²) in [6.45, 7) is 6.81. The van der Waals surface area contributed by atoms with Crippen LogP contribution in [0.4, 0.5) is 0 Å². The Morgan fingerprint density at radius 3 is 2.32 bits per heavy atom. The van der Waals surface area contributed by atoms with Gasteiger partial charge in [-0.15, -0.1) is 0 Å². The molecule has 0 fully saturated rings. The number of carbonyl (C=O) groups is 2. The van der Waals surface area contributed by atoms with Gasteiger partial charge in [0.2, 0.25) is 11.8 Å². The highest BCUT2D eigenvalue weighted by atomic mass is 35.5. The smallest absolute Gasteiger partial charge is 0.242 e. The molecule has 0 unspecified atom stereocenters. The second kappa shape index (κ2) is 12.7. The van der Waals surface area contributed by atoms with Crippen molar-refractivity contribution in [2.45, 2.75) is 65.5 Å². The maximum Gasteiger partial charge on any atom is 0.242 e. The first-order valence-corrected chi connectivity index (χ1v) is 11.7. The molecule has 31 heavy (non-hydrogen) atoms. The summed E-state index contributed by atoms with van der Waals surface area (Å²) in [5.41, 5.74) is 3.14. The van der Waals surface area contributed by atoms with Crippen molar-refractivity contribution in [1.82, 2.24) is 10.2 Å². The topological polar surface area (TPSA) is 49.4 Å². The van der Waals surface area contributed by atoms with E-state index in [0.29, 0.717) is 29.4 Å². The molecule has 0 spiro atoms. The summed E-state index contributed by atoms with van der Waals surface area (Å²) < 4.78 is 0. The lowest BCUT2D eigenvalue weighted by Crippen LogP contribution is -2.47. The Morgan fingerprint density at radius 2 is 1.71 bits per heavy atom. The standard InChI is InChI=1S/C25H32Cl2N2O2/c1-4-6-15-28-25(31)18(3)29(17-21-12-13-22(26)16-23(21)27)24(30)14-11-20-9-7-19(5-2)8-10-20/h7-10,12-13,16,18H,4-6,11,14-15,17H2,1-3H3,(H,28,31)/t18-/m0/s1. The van der Waals surface area contributed by atoms with Crippen molar-refractivity contribution in [1.29, 1.82) is 0 Å². The molecular formula is C25H32Cl2N2O2. The zero-order valence-corrected chi connectivity index (χ0v) is 20.1. The molecule has 0 aromatic heterocycles. The molecule has 6 heteroatoms. The van der Waals surface area contributed by atoms with Gasteiger partial charge < -0.3 is 10.2 Å². The normalized spacial score (nSPS) is 11.8. The number of unbranched alkanes of at least 4 members (excludes halogenated alkanes) is 1. The number of halogens is 2. The Morgan fingerprint density at radius 1 is 1.03 bits per heavy atom. The molecule has 0 saturated carbocycles. The zero-order valence-electron chi connectivity index (χ0n) is 18.6. The van der Waals surface area contributed by atoms with E-state index in [1.165, 1.54) is 5.56 Å². The minimum atomic E-state index is -0.599. The number of rotatable bonds is 11. The van der Waals surface area contributed by atoms with Crippen molar-refractivity contribution in [3.05, 3.63) is 69.2 Å². The van der Waals surface area contributed by atoms with Crippen LogP contribution in [0.15, 0.2) is 42.5 Å². The highest BCUT2D eigenvalue weighted by Crippen LogP contribution is 2.23. The Bertz CT molecular complexity index is 868. The molecule has 1 atom stereocenters. The first kappa shape index (κ1) is 25.2. The van der Waals surface area contributed by atoms with Crippen LogP contribution in [0, 0.1) is 0 Å². The number of nitrogens with one attached hydrogen (secondary N) is 1. The van der Waals surface area contributed by atoms with Gasteiger partial charge in [-0.05, 0) is 55.0 Å². The van der Waals surface area contributed by atoms with E-state index < -0.39 is 6.04 Å². The summed E-state index contributed by atoms with van der Waals surface area (Å²) in [6.07, 6.45) is 3.83. The molecule has 2 amide bonds. The van der Waals surface area contributed by atoms with Crippen molar-refractivity contribution in [2.75, 3.05) is 6.54 Å². The van der Waals surface area contributed by atoms with E-state index in [-0.39, 0.29) is 18.4 Å². The number of benzene rings is 2. The monoisotopic (exact) mass is 462 g/mol. The molecule has 2 rings (SSSR count). The quantitative estimate of drug-likeness (QED) is 0.427. The van der Waals surface area contributed by atoms with Crippen molar-refractivity contribution < 1.29 is 9.59 Å². The minimum absolute atomic E-state index is 0.0799. The third-order valence-corrected chi connectivity index (χ3v) is 6.00. The molecule has 2 aromatic rings. The predicted octanol–water partition coefficient (Wildman–Crippen LogP) is 5.82. The van der Waals surface area contributed by atoms with E-state index >= 15 is 0 Å². The van der Waals surface area contributed by atoms with E-state index in [9.17, 15) is 9.59 Å². The summed E-state index contributed by atoms with van der Waals surface area (Å²) in [7, 11) is 0. The number of aryl methyl sites for hydroxylation is 2. The van der Waals surface area contributed by atoms with Gasteiger partial charge in [-0.25, -0.2) is 0 Å². The molecule has 0 radical (unpaired) electrons. The van der Waals surface area contributed by atoms with Gasteiger partial charge in [-0.3, -0.25) is 9.59 Å². The highest BCUT2D eigenvalue weighted by Gasteiger charge is 2.26. The first-order chi connectivity index (χ1) is 14.8. The van der Waals surface area contributed by atoms with Crippen LogP contribution in [0.2, 0.25) is 10.0 Å². The van der Waals surface area contributed by atoms with Crippen molar-refractivity contribution >= 4 is 35.0 Å². The second-order valence-electron chi connectivity index (χ2n) is 7.75. The summed E-state index contributed by atoms with van der Waals surface area (Å²) >= 11 is 12.4. The van der Waals surface area contributed by atoms with Crippen LogP contribution in [-0.4, -0.2) is 29.3 Å². The zero-order chi connectivity index (χ0) is 22.8. The van der Waals surface area contributed by atoms with E-state index in [2.05, 4.69) is 43.4 Å². The van der Waals surface area contributed by atoms with Crippen LogP contribution in [0.5, 0.6) is 0 Å². The minimum Gasteiger partial charge on any atom is -0.354 e. The highest BCUT2D eigenvalue weighted by molar-refractivity contribution is 6.35. The van der Waals surface area contributed by atoms with Gasteiger partial charge in [-0.2, -0.15) is 0 Å². The maximum atomic E-state index is 13.2. The third-order valence-electron chi connectivity index (χ3n) is 5.41. The van der Waals surface area contributed by atoms with Crippen molar-refractivity contribution in [2.24, 2.45) is 0 Å². The average molecular weight is 463 g/mol. The fourth-order valence-corrected chi connectivity index (χ4v) is 3.76. The third kappa shape index (κ3) is 7.86. The Labute approximate surface area is 195 Å². The van der Waals surface area contributed by atoms with Gasteiger partial charge in [0.15, 0.2) is 0 Å². The SMILES string of the molecule is CCCCNC(=O)[C@H](C)N(Cc1ccc(Cl)cc1Cl)C(=O)CCc1ccc(CC)cc1. The average Bonchev–Trinajstić information content (AvgIpc) is 2.77. The lowest BCUT2D eigenvalue weighted by Gasteiger charge is -2.29. The lowest BCUT2D eigenvalue weighted by atomic mass is 10.0. The Hall–Kier alpha value is -2.04. The summed E-state index contributed by atoms with van der Waals surface area (Å²) in [5, 5.41) is 3.95. The van der Waals surface area contributed by atoms with Gasteiger partial charge in [0, 0.05) is 29.6 Å². The van der Waals surface area contributed by atoms with Crippen LogP contribution < -0.4 is 5.32 Å². The number of hydrogen-bond acceptors (Lipinski definition) is 2. The maximum absolute atomic E-state index is 13.2. The van der Waals surface area contributed by atoms with Crippen LogP contribution in [-0.2, 0) is 29.0 Å². The lowest BCUT2D eigenvalue weighted by molar-refractivity contribution is -0.140. The van der Waals surface area contributed by atoms with Gasteiger partial charge in [0.1, 0.15) is 6.04 Å². The molecule has 0 aliphatic heterocycles. The fourth-order valence-electron chi connectivity index (χ4n) is 3.29. The molecule has 0 bridgehead atoms. The molecule has 1 N–H and O–H groups in total. The Balaban J connectivity index is 2.14. The molecule has 4 nitrogen and oxygen atoms in total. The van der Waals surface area contributed by atoms with Gasteiger partial charge in [-0.1, -0.05) is 73.8 Å². The fraction of sp³-hybridized carbons (Fsp3) is 0.440. The van der Waals surface area contributed by atoms with Gasteiger partial charge in [0.05, 0.1) is 0 Å². The largest absolute Gasteiger partial charge is 0.354 e. The number of amides is 2. The van der Waals surface area contributed by atoms with Crippen LogP contribution in [0.3, 0.4) is 0 Å². The number of hydrogen-bond donors (Lipinski definition) is 1. The van der Waals surface area contributed by atoms with Crippen molar-refractivity contribution in [3.63, 3.8) is 0 Å². The van der Waals surface area contributed by atoms with Gasteiger partial charge >= 0.3 is 0 Å². The Kier molecular flexibility index (Phi) is 10.4. The molecular weight excluding hydrogens is 431 g/mol. The second-order valence-corrected chi connectivity index (χ2v) is 8.59. The van der Waals surface area contributed by atoms with Crippen LogP contribution in [0.25, 0.3) is 0 Å². The first-order valence-electron chi connectivity index (χ1n) is 10.9. The number of carbonyl (C=O) groups excluding carboxylic acids is 2. The predicted molar refractivity (Wildman–Crippen MR) is 129 cm³/mol. The molecule has 2 aromatic carbocycles. The van der Waals surface area contributed by atoms with Crippen LogP contribution in [0.1, 0.15) is 56.7 Å². The van der Waals surface area contributed by atoms with E-state index in [1.54, 1.807) is 30.0 Å². The number of nitrogens with zero attached hydrogens (tertiary/aromatic N) is 1. The van der Waals surface area contributed by atoms with Crippen molar-refractivity contribution in [3.8, 4) is 0 Å². The van der Waals surface area contributed by atoms with E-state index in [4.69, 9.17) is 23.2 Å².